The van der Waals surface area contributed by atoms with E-state index in [0.29, 0.717) is 64.4 Å². The molecule has 1 unspecified atom stereocenters. The normalized spacial score (nSPS) is 17.7. The van der Waals surface area contributed by atoms with Crippen LogP contribution in [0.2, 0.25) is 10.0 Å². The van der Waals surface area contributed by atoms with Crippen LogP contribution in [0.4, 0.5) is 10.5 Å². The van der Waals surface area contributed by atoms with E-state index in [1.165, 1.54) is 0 Å². The summed E-state index contributed by atoms with van der Waals surface area (Å²) in [6.07, 6.45) is -0.539. The van der Waals surface area contributed by atoms with Gasteiger partial charge in [-0.2, -0.15) is 5.10 Å². The number of carboxylic acid groups (broad SMARTS) is 1. The zero-order chi connectivity index (χ0) is 32.1. The average Bonchev–Trinajstić information content (AvgIpc) is 3.01. The van der Waals surface area contributed by atoms with Crippen LogP contribution in [-0.2, 0) is 21.1 Å². The van der Waals surface area contributed by atoms with Crippen LogP contribution in [0.3, 0.4) is 0 Å². The SMILES string of the molecule is N=C1N(C(=O)O)c2cc(CNCCNC(=O)COc3ccc(C4=NNC(=O)CC4)cc3Cl)ccc2SC1(O)c1ccc(Cl)cc1. The first-order valence-corrected chi connectivity index (χ1v) is 15.3. The number of benzene rings is 3. The zero-order valence-corrected chi connectivity index (χ0v) is 25.9. The van der Waals surface area contributed by atoms with Gasteiger partial charge < -0.3 is 25.6 Å². The number of anilines is 1. The van der Waals surface area contributed by atoms with E-state index >= 15 is 0 Å². The second kappa shape index (κ2) is 13.9. The smallest absolute Gasteiger partial charge is 0.417 e. The number of thioether (sulfide) groups is 1. The van der Waals surface area contributed by atoms with Crippen molar-refractivity contribution in [3.05, 3.63) is 87.4 Å². The average molecular weight is 672 g/mol. The third-order valence-corrected chi connectivity index (χ3v) is 8.81. The second-order valence-corrected chi connectivity index (χ2v) is 12.2. The highest BCUT2D eigenvalue weighted by Crippen LogP contribution is 2.50. The van der Waals surface area contributed by atoms with Crippen molar-refractivity contribution >= 4 is 70.1 Å². The monoisotopic (exact) mass is 670 g/mol. The molecule has 15 heteroatoms. The number of hydrogen-bond acceptors (Lipinski definition) is 9. The summed E-state index contributed by atoms with van der Waals surface area (Å²) in [6.45, 7) is 0.850. The van der Waals surface area contributed by atoms with Gasteiger partial charge in [0.2, 0.25) is 5.91 Å². The molecule has 45 heavy (non-hydrogen) atoms. The Labute approximate surface area is 272 Å². The number of carbonyl (C=O) groups excluding carboxylic acids is 2. The van der Waals surface area contributed by atoms with Crippen LogP contribution in [0.1, 0.15) is 29.5 Å². The third-order valence-electron chi connectivity index (χ3n) is 6.97. The van der Waals surface area contributed by atoms with Crippen molar-refractivity contribution in [3.63, 3.8) is 0 Å². The van der Waals surface area contributed by atoms with Crippen molar-refractivity contribution in [1.29, 1.82) is 5.41 Å². The van der Waals surface area contributed by atoms with E-state index in [1.54, 1.807) is 60.7 Å². The van der Waals surface area contributed by atoms with Gasteiger partial charge in [-0.3, -0.25) is 15.0 Å². The minimum atomic E-state index is -1.92. The van der Waals surface area contributed by atoms with Crippen molar-refractivity contribution in [2.75, 3.05) is 24.6 Å². The fourth-order valence-electron chi connectivity index (χ4n) is 4.68. The van der Waals surface area contributed by atoms with Gasteiger partial charge in [0, 0.05) is 48.0 Å². The van der Waals surface area contributed by atoms with Gasteiger partial charge in [0.25, 0.3) is 5.91 Å². The van der Waals surface area contributed by atoms with Crippen LogP contribution in [0.5, 0.6) is 5.75 Å². The lowest BCUT2D eigenvalue weighted by molar-refractivity contribution is -0.123. The summed E-state index contributed by atoms with van der Waals surface area (Å²) in [5, 5.41) is 40.6. The van der Waals surface area contributed by atoms with Crippen molar-refractivity contribution in [1.82, 2.24) is 16.1 Å². The minimum Gasteiger partial charge on any atom is -0.482 e. The first kappa shape index (κ1) is 32.3. The summed E-state index contributed by atoms with van der Waals surface area (Å²) in [7, 11) is 0. The number of nitrogens with one attached hydrogen (secondary N) is 4. The van der Waals surface area contributed by atoms with Gasteiger partial charge in [-0.25, -0.2) is 15.1 Å². The van der Waals surface area contributed by atoms with Crippen molar-refractivity contribution < 1.29 is 29.3 Å². The number of hydrogen-bond donors (Lipinski definition) is 6. The van der Waals surface area contributed by atoms with Gasteiger partial charge in [0.1, 0.15) is 5.75 Å². The molecule has 6 N–H and O–H groups in total. The largest absolute Gasteiger partial charge is 0.482 e. The molecule has 0 spiro atoms. The van der Waals surface area contributed by atoms with Crippen LogP contribution in [0.25, 0.3) is 0 Å². The predicted octanol–water partition coefficient (Wildman–Crippen LogP) is 4.30. The second-order valence-electron chi connectivity index (χ2n) is 10.1. The molecular weight excluding hydrogens is 643 g/mol. The molecule has 0 fully saturated rings. The van der Waals surface area contributed by atoms with Gasteiger partial charge in [-0.1, -0.05) is 53.2 Å². The molecule has 3 amide bonds. The molecule has 5 rings (SSSR count). The maximum atomic E-state index is 12.3. The number of fused-ring (bicyclic) bond motifs is 1. The van der Waals surface area contributed by atoms with E-state index in [9.17, 15) is 24.6 Å². The zero-order valence-electron chi connectivity index (χ0n) is 23.6. The van der Waals surface area contributed by atoms with E-state index < -0.39 is 16.9 Å². The van der Waals surface area contributed by atoms with Crippen LogP contribution in [-0.4, -0.2) is 59.4 Å². The lowest BCUT2D eigenvalue weighted by Crippen LogP contribution is -2.50. The number of nitrogens with zero attached hydrogens (tertiary/aromatic N) is 2. The Morgan fingerprint density at radius 1 is 1.09 bits per heavy atom. The van der Waals surface area contributed by atoms with Crippen LogP contribution >= 0.6 is 35.0 Å². The highest BCUT2D eigenvalue weighted by molar-refractivity contribution is 8.01. The minimum absolute atomic E-state index is 0.135. The van der Waals surface area contributed by atoms with Gasteiger partial charge >= 0.3 is 6.09 Å². The molecule has 1 atom stereocenters. The van der Waals surface area contributed by atoms with Crippen molar-refractivity contribution in [3.8, 4) is 5.75 Å². The molecule has 0 saturated heterocycles. The molecule has 3 aromatic carbocycles. The van der Waals surface area contributed by atoms with Crippen molar-refractivity contribution in [2.24, 2.45) is 5.10 Å². The van der Waals surface area contributed by atoms with Gasteiger partial charge in [-0.15, -0.1) is 0 Å². The Bertz CT molecular complexity index is 1690. The molecule has 12 nitrogen and oxygen atoms in total. The molecular formula is C30H28Cl2N6O6S. The van der Waals surface area contributed by atoms with E-state index in [1.807, 2.05) is 0 Å². The van der Waals surface area contributed by atoms with Crippen LogP contribution in [0, 0.1) is 5.41 Å². The number of ether oxygens (including phenoxy) is 1. The lowest BCUT2D eigenvalue weighted by Gasteiger charge is -2.39. The topological polar surface area (TPSA) is 176 Å². The van der Waals surface area contributed by atoms with Crippen molar-refractivity contribution in [2.45, 2.75) is 29.2 Å². The Hall–Kier alpha value is -4.14. The molecule has 0 saturated carbocycles. The number of carbonyl (C=O) groups is 3. The number of aliphatic hydroxyl groups is 1. The molecule has 0 bridgehead atoms. The molecule has 234 valence electrons. The predicted molar refractivity (Wildman–Crippen MR) is 171 cm³/mol. The highest BCUT2D eigenvalue weighted by Gasteiger charge is 2.46. The Morgan fingerprint density at radius 2 is 1.87 bits per heavy atom. The molecule has 2 aliphatic rings. The number of hydrazone groups is 1. The molecule has 3 aromatic rings. The first-order valence-electron chi connectivity index (χ1n) is 13.7. The number of amidine groups is 1. The lowest BCUT2D eigenvalue weighted by atomic mass is 10.0. The molecule has 2 aliphatic heterocycles. The molecule has 2 heterocycles. The van der Waals surface area contributed by atoms with Crippen LogP contribution < -0.4 is 25.7 Å². The quantitative estimate of drug-likeness (QED) is 0.173. The van der Waals surface area contributed by atoms with Gasteiger partial charge in [0.05, 0.1) is 16.4 Å². The fourth-order valence-corrected chi connectivity index (χ4v) is 6.19. The van der Waals surface area contributed by atoms with Gasteiger partial charge in [-0.05, 0) is 53.6 Å². The van der Waals surface area contributed by atoms with Gasteiger partial charge in [0.15, 0.2) is 17.4 Å². The van der Waals surface area contributed by atoms with E-state index in [-0.39, 0.29) is 24.1 Å². The third kappa shape index (κ3) is 7.40. The molecule has 0 aliphatic carbocycles. The van der Waals surface area contributed by atoms with E-state index in [2.05, 4.69) is 21.2 Å². The Kier molecular flexibility index (Phi) is 9.95. The summed E-state index contributed by atoms with van der Waals surface area (Å²) >= 11 is 13.3. The highest BCUT2D eigenvalue weighted by atomic mass is 35.5. The summed E-state index contributed by atoms with van der Waals surface area (Å²) in [5.41, 5.74) is 5.27. The molecule has 0 aromatic heterocycles. The number of halogens is 2. The Morgan fingerprint density at radius 3 is 2.56 bits per heavy atom. The first-order chi connectivity index (χ1) is 21.5. The molecule has 0 radical (unpaired) electrons. The fraction of sp³-hybridized carbons (Fsp3) is 0.233. The maximum absolute atomic E-state index is 12.3. The number of rotatable bonds is 10. The standard InChI is InChI=1S/C30H28Cl2N6O6S/c31-20-5-3-19(4-6-20)30(43)28(33)38(29(41)42)23-13-17(1-9-25(23)45-30)15-34-11-12-35-27(40)16-44-24-8-2-18(14-21(24)32)22-7-10-26(39)37-36-22/h1-6,8-9,13-14,33-34,43H,7,10-12,15-16H2,(H,35,40)(H,37,39)(H,41,42). The Balaban J connectivity index is 1.10. The summed E-state index contributed by atoms with van der Waals surface area (Å²) in [4.78, 5) is 35.1. The summed E-state index contributed by atoms with van der Waals surface area (Å²) in [5.74, 6) is -0.639. The summed E-state index contributed by atoms with van der Waals surface area (Å²) in [6, 6.07) is 16.5. The van der Waals surface area contributed by atoms with E-state index in [4.69, 9.17) is 33.3 Å². The van der Waals surface area contributed by atoms with Crippen LogP contribution in [0.15, 0.2) is 70.7 Å². The van der Waals surface area contributed by atoms with E-state index in [0.717, 1.165) is 27.8 Å². The maximum Gasteiger partial charge on any atom is 0.417 e. The summed E-state index contributed by atoms with van der Waals surface area (Å²) < 4.78 is 5.55. The number of amides is 3.